The van der Waals surface area contributed by atoms with E-state index in [2.05, 4.69) is 0 Å². The van der Waals surface area contributed by atoms with Gasteiger partial charge in [-0.15, -0.1) is 0 Å². The summed E-state index contributed by atoms with van der Waals surface area (Å²) in [6.45, 7) is 0.563. The van der Waals surface area contributed by atoms with E-state index in [-0.39, 0.29) is 5.56 Å². The number of hydrogen-bond donors (Lipinski definition) is 0. The number of hydrogen-bond acceptors (Lipinski definition) is 3. The molecule has 0 radical (unpaired) electrons. The lowest BCUT2D eigenvalue weighted by atomic mass is 10.1. The highest BCUT2D eigenvalue weighted by Gasteiger charge is 2.12. The van der Waals surface area contributed by atoms with E-state index in [9.17, 15) is 4.79 Å². The van der Waals surface area contributed by atoms with Crippen LogP contribution in [0.15, 0.2) is 83.7 Å². The highest BCUT2D eigenvalue weighted by atomic mass is 16.5. The zero-order chi connectivity index (χ0) is 18.6. The SMILES string of the molecule is COc1ccc(CCn2c(-c3ccccc3)nc3ccccc3c2=O)cc1. The summed E-state index contributed by atoms with van der Waals surface area (Å²) < 4.78 is 6.99. The number of ether oxygens (including phenoxy) is 1. The van der Waals surface area contributed by atoms with Crippen molar-refractivity contribution in [3.05, 3.63) is 94.8 Å². The number of nitrogens with zero attached hydrogens (tertiary/aromatic N) is 2. The molecule has 4 rings (SSSR count). The minimum Gasteiger partial charge on any atom is -0.497 e. The number of benzene rings is 3. The standard InChI is InChI=1S/C23H20N2O2/c1-27-19-13-11-17(12-14-19)15-16-25-22(18-7-3-2-4-8-18)24-21-10-6-5-9-20(21)23(25)26/h2-14H,15-16H2,1H3. The van der Waals surface area contributed by atoms with Crippen LogP contribution >= 0.6 is 0 Å². The molecule has 0 aliphatic rings. The van der Waals surface area contributed by atoms with Gasteiger partial charge in [0.2, 0.25) is 0 Å². The molecule has 0 atom stereocenters. The fourth-order valence-electron chi connectivity index (χ4n) is 3.22. The van der Waals surface area contributed by atoms with E-state index in [1.54, 1.807) is 11.7 Å². The first-order chi connectivity index (χ1) is 13.3. The van der Waals surface area contributed by atoms with Gasteiger partial charge >= 0.3 is 0 Å². The minimum atomic E-state index is -0.00651. The third-order valence-corrected chi connectivity index (χ3v) is 4.68. The quantitative estimate of drug-likeness (QED) is 0.535. The Morgan fingerprint density at radius 2 is 1.59 bits per heavy atom. The zero-order valence-electron chi connectivity index (χ0n) is 15.1. The molecule has 0 fully saturated rings. The maximum Gasteiger partial charge on any atom is 0.261 e. The Balaban J connectivity index is 1.77. The van der Waals surface area contributed by atoms with Crippen LogP contribution < -0.4 is 10.3 Å². The molecule has 0 bridgehead atoms. The normalized spacial score (nSPS) is 10.9. The lowest BCUT2D eigenvalue weighted by Gasteiger charge is -2.14. The van der Waals surface area contributed by atoms with E-state index in [1.165, 1.54) is 0 Å². The van der Waals surface area contributed by atoms with Crippen LogP contribution in [0.2, 0.25) is 0 Å². The van der Waals surface area contributed by atoms with Gasteiger partial charge in [0.05, 0.1) is 18.0 Å². The summed E-state index contributed by atoms with van der Waals surface area (Å²) in [4.78, 5) is 17.9. The van der Waals surface area contributed by atoms with Crippen LogP contribution in [-0.2, 0) is 13.0 Å². The third kappa shape index (κ3) is 3.47. The Bertz CT molecular complexity index is 1120. The molecule has 0 spiro atoms. The van der Waals surface area contributed by atoms with Gasteiger partial charge in [-0.2, -0.15) is 0 Å². The van der Waals surface area contributed by atoms with Crippen molar-refractivity contribution >= 4 is 10.9 Å². The second kappa shape index (κ2) is 7.46. The van der Waals surface area contributed by atoms with Crippen LogP contribution in [0.1, 0.15) is 5.56 Å². The number of aryl methyl sites for hydroxylation is 1. The molecule has 1 aromatic heterocycles. The molecule has 4 nitrogen and oxygen atoms in total. The van der Waals surface area contributed by atoms with E-state index in [4.69, 9.17) is 9.72 Å². The second-order valence-corrected chi connectivity index (χ2v) is 6.37. The zero-order valence-corrected chi connectivity index (χ0v) is 15.1. The van der Waals surface area contributed by atoms with Gasteiger partial charge in [-0.25, -0.2) is 4.98 Å². The predicted molar refractivity (Wildman–Crippen MR) is 108 cm³/mol. The molecule has 27 heavy (non-hydrogen) atoms. The van der Waals surface area contributed by atoms with Crippen LogP contribution in [-0.4, -0.2) is 16.7 Å². The molecule has 0 saturated carbocycles. The summed E-state index contributed by atoms with van der Waals surface area (Å²) in [6, 6.07) is 25.3. The first-order valence-electron chi connectivity index (χ1n) is 8.94. The van der Waals surface area contributed by atoms with E-state index < -0.39 is 0 Å². The third-order valence-electron chi connectivity index (χ3n) is 4.68. The fourth-order valence-corrected chi connectivity index (χ4v) is 3.22. The second-order valence-electron chi connectivity index (χ2n) is 6.37. The van der Waals surface area contributed by atoms with E-state index >= 15 is 0 Å². The number of fused-ring (bicyclic) bond motifs is 1. The van der Waals surface area contributed by atoms with Gasteiger partial charge in [0, 0.05) is 12.1 Å². The minimum absolute atomic E-state index is 0.00651. The average Bonchev–Trinajstić information content (AvgIpc) is 2.74. The molecule has 0 amide bonds. The molecule has 134 valence electrons. The number of aromatic nitrogens is 2. The van der Waals surface area contributed by atoms with Crippen molar-refractivity contribution < 1.29 is 4.74 Å². The van der Waals surface area contributed by atoms with Gasteiger partial charge in [-0.05, 0) is 36.2 Å². The summed E-state index contributed by atoms with van der Waals surface area (Å²) >= 11 is 0. The summed E-state index contributed by atoms with van der Waals surface area (Å²) in [6.07, 6.45) is 0.740. The van der Waals surface area contributed by atoms with Crippen LogP contribution in [0.5, 0.6) is 5.75 Å². The smallest absolute Gasteiger partial charge is 0.261 e. The summed E-state index contributed by atoms with van der Waals surface area (Å²) in [7, 11) is 1.65. The Morgan fingerprint density at radius 1 is 0.889 bits per heavy atom. The molecular formula is C23H20N2O2. The largest absolute Gasteiger partial charge is 0.497 e. The monoisotopic (exact) mass is 356 g/mol. The average molecular weight is 356 g/mol. The topological polar surface area (TPSA) is 44.1 Å². The van der Waals surface area contributed by atoms with Crippen LogP contribution in [0, 0.1) is 0 Å². The molecule has 0 N–H and O–H groups in total. The lowest BCUT2D eigenvalue weighted by molar-refractivity contribution is 0.414. The maximum absolute atomic E-state index is 13.1. The molecule has 0 aliphatic heterocycles. The van der Waals surface area contributed by atoms with E-state index in [1.807, 2.05) is 78.9 Å². The molecule has 0 aliphatic carbocycles. The highest BCUT2D eigenvalue weighted by molar-refractivity contribution is 5.79. The van der Waals surface area contributed by atoms with Crippen molar-refractivity contribution in [2.75, 3.05) is 7.11 Å². The first-order valence-corrected chi connectivity index (χ1v) is 8.94. The van der Waals surface area contributed by atoms with Crippen molar-refractivity contribution in [1.29, 1.82) is 0 Å². The molecule has 4 heteroatoms. The van der Waals surface area contributed by atoms with Gasteiger partial charge in [0.1, 0.15) is 11.6 Å². The molecule has 1 heterocycles. The van der Waals surface area contributed by atoms with Crippen LogP contribution in [0.4, 0.5) is 0 Å². The van der Waals surface area contributed by atoms with Gasteiger partial charge in [-0.1, -0.05) is 54.6 Å². The molecule has 4 aromatic rings. The van der Waals surface area contributed by atoms with Crippen molar-refractivity contribution in [3.63, 3.8) is 0 Å². The van der Waals surface area contributed by atoms with Crippen LogP contribution in [0.25, 0.3) is 22.3 Å². The number of para-hydroxylation sites is 1. The van der Waals surface area contributed by atoms with E-state index in [0.717, 1.165) is 28.8 Å². The van der Waals surface area contributed by atoms with Gasteiger partial charge < -0.3 is 4.74 Å². The maximum atomic E-state index is 13.1. The Hall–Kier alpha value is -3.40. The Morgan fingerprint density at radius 3 is 2.33 bits per heavy atom. The summed E-state index contributed by atoms with van der Waals surface area (Å²) in [5.41, 5.74) is 2.81. The summed E-state index contributed by atoms with van der Waals surface area (Å²) in [5, 5.41) is 0.645. The van der Waals surface area contributed by atoms with Crippen molar-refractivity contribution in [1.82, 2.24) is 9.55 Å². The molecule has 3 aromatic carbocycles. The van der Waals surface area contributed by atoms with Crippen LogP contribution in [0.3, 0.4) is 0 Å². The van der Waals surface area contributed by atoms with Crippen molar-refractivity contribution in [3.8, 4) is 17.1 Å². The Kier molecular flexibility index (Phi) is 4.71. The van der Waals surface area contributed by atoms with Crippen molar-refractivity contribution in [2.24, 2.45) is 0 Å². The predicted octanol–water partition coefficient (Wildman–Crippen LogP) is 4.31. The van der Waals surface area contributed by atoms with Gasteiger partial charge in [0.15, 0.2) is 0 Å². The first kappa shape index (κ1) is 17.0. The van der Waals surface area contributed by atoms with Crippen molar-refractivity contribution in [2.45, 2.75) is 13.0 Å². The molecule has 0 saturated heterocycles. The molecule has 0 unspecified atom stereocenters. The Labute approximate surface area is 157 Å². The number of rotatable bonds is 5. The molecular weight excluding hydrogens is 336 g/mol. The summed E-state index contributed by atoms with van der Waals surface area (Å²) in [5.74, 6) is 1.53. The van der Waals surface area contributed by atoms with Gasteiger partial charge in [-0.3, -0.25) is 9.36 Å². The number of methoxy groups -OCH3 is 1. The van der Waals surface area contributed by atoms with E-state index in [0.29, 0.717) is 17.8 Å². The highest BCUT2D eigenvalue weighted by Crippen LogP contribution is 2.19. The fraction of sp³-hybridized carbons (Fsp3) is 0.130. The van der Waals surface area contributed by atoms with Gasteiger partial charge in [0.25, 0.3) is 5.56 Å². The lowest BCUT2D eigenvalue weighted by Crippen LogP contribution is -2.24.